The highest BCUT2D eigenvalue weighted by molar-refractivity contribution is 6.11. The van der Waals surface area contributed by atoms with E-state index in [1.165, 1.54) is 0 Å². The summed E-state index contributed by atoms with van der Waals surface area (Å²) in [6.45, 7) is 2.73. The lowest BCUT2D eigenvalue weighted by atomic mass is 10.0. The average Bonchev–Trinajstić information content (AvgIpc) is 3.29. The topological polar surface area (TPSA) is 146 Å². The van der Waals surface area contributed by atoms with E-state index in [0.717, 1.165) is 12.8 Å². The van der Waals surface area contributed by atoms with Crippen LogP contribution in [0.25, 0.3) is 22.3 Å². The van der Waals surface area contributed by atoms with Crippen LogP contribution in [-0.2, 0) is 4.79 Å². The Labute approximate surface area is 218 Å². The van der Waals surface area contributed by atoms with Crippen LogP contribution in [-0.4, -0.2) is 45.9 Å². The molecule has 4 aromatic rings. The second-order valence-corrected chi connectivity index (χ2v) is 8.93. The first-order valence-corrected chi connectivity index (χ1v) is 12.2. The minimum absolute atomic E-state index is 0.110. The van der Waals surface area contributed by atoms with Gasteiger partial charge >= 0.3 is 5.69 Å². The molecule has 2 aromatic heterocycles. The zero-order valence-electron chi connectivity index (χ0n) is 20.7. The van der Waals surface area contributed by atoms with Crippen LogP contribution >= 0.6 is 0 Å². The van der Waals surface area contributed by atoms with Gasteiger partial charge in [-0.3, -0.25) is 9.59 Å². The lowest BCUT2D eigenvalue weighted by Gasteiger charge is -2.34. The number of nitrogens with one attached hydrogen (secondary N) is 3. The van der Waals surface area contributed by atoms with Crippen molar-refractivity contribution in [3.63, 3.8) is 0 Å². The number of benzene rings is 2. The number of aromatic amines is 2. The Morgan fingerprint density at radius 3 is 2.50 bits per heavy atom. The molecule has 2 amide bonds. The third kappa shape index (κ3) is 5.08. The Balaban J connectivity index is 1.55. The summed E-state index contributed by atoms with van der Waals surface area (Å²) in [5.41, 5.74) is 7.05. The van der Waals surface area contributed by atoms with Gasteiger partial charge in [-0.2, -0.15) is 0 Å². The van der Waals surface area contributed by atoms with E-state index in [-0.39, 0.29) is 23.0 Å². The van der Waals surface area contributed by atoms with Crippen molar-refractivity contribution in [1.82, 2.24) is 20.3 Å². The SMILES string of the molecule is CC#CC(=O)N[C@@H]1CCCN(c2nc(-c3ccc(Oc4ccccc4)cc3)c(C(N)=O)c3[nH]c(=O)[nH]c23)C1. The van der Waals surface area contributed by atoms with Gasteiger partial charge in [0, 0.05) is 24.7 Å². The Morgan fingerprint density at radius 1 is 1.08 bits per heavy atom. The summed E-state index contributed by atoms with van der Waals surface area (Å²) in [4.78, 5) is 49.3. The predicted octanol–water partition coefficient (Wildman–Crippen LogP) is 2.92. The average molecular weight is 511 g/mol. The molecule has 0 unspecified atom stereocenters. The molecule has 1 atom stereocenters. The molecule has 1 aliphatic rings. The number of nitrogens with zero attached hydrogens (tertiary/aromatic N) is 2. The standard InChI is InChI=1S/C28H26N6O4/c1-2-7-21(35)30-18-8-6-15-34(16-18)27-25-24(32-28(37)33-25)22(26(29)36)23(31-27)17-11-13-20(14-12-17)38-19-9-4-3-5-10-19/h3-5,9-14,18H,6,8,15-16H2,1H3,(H2,29,36)(H,30,35)(H2,32,33,37)/t18-/m1/s1. The van der Waals surface area contributed by atoms with E-state index in [9.17, 15) is 14.4 Å². The van der Waals surface area contributed by atoms with Crippen molar-refractivity contribution >= 4 is 28.7 Å². The molecule has 5 rings (SSSR count). The number of primary amides is 1. The molecule has 5 N–H and O–H groups in total. The Hall–Kier alpha value is -5.04. The molecule has 0 aliphatic carbocycles. The molecule has 1 aliphatic heterocycles. The molecule has 0 radical (unpaired) electrons. The van der Waals surface area contributed by atoms with Crippen molar-refractivity contribution < 1.29 is 14.3 Å². The smallest absolute Gasteiger partial charge is 0.323 e. The second-order valence-electron chi connectivity index (χ2n) is 8.93. The van der Waals surface area contributed by atoms with E-state index in [2.05, 4.69) is 27.1 Å². The number of ether oxygens (including phenoxy) is 1. The number of fused-ring (bicyclic) bond motifs is 1. The van der Waals surface area contributed by atoms with Gasteiger partial charge in [0.2, 0.25) is 0 Å². The molecule has 1 saturated heterocycles. The molecule has 38 heavy (non-hydrogen) atoms. The lowest BCUT2D eigenvalue weighted by Crippen LogP contribution is -2.48. The van der Waals surface area contributed by atoms with E-state index in [0.29, 0.717) is 47.2 Å². The molecular weight excluding hydrogens is 484 g/mol. The fraction of sp³-hybridized carbons (Fsp3) is 0.214. The summed E-state index contributed by atoms with van der Waals surface area (Å²) in [5.74, 6) is 5.85. The molecular formula is C28H26N6O4. The fourth-order valence-corrected chi connectivity index (χ4v) is 4.68. The van der Waals surface area contributed by atoms with Crippen molar-refractivity contribution in [2.24, 2.45) is 5.73 Å². The maximum Gasteiger partial charge on any atom is 0.323 e. The zero-order chi connectivity index (χ0) is 26.6. The number of H-pyrrole nitrogens is 2. The first kappa shape index (κ1) is 24.6. The molecule has 2 aromatic carbocycles. The lowest BCUT2D eigenvalue weighted by molar-refractivity contribution is -0.116. The number of hydrogen-bond acceptors (Lipinski definition) is 6. The molecule has 10 heteroatoms. The number of hydrogen-bond donors (Lipinski definition) is 4. The van der Waals surface area contributed by atoms with Gasteiger partial charge in [0.15, 0.2) is 5.82 Å². The summed E-state index contributed by atoms with van der Waals surface area (Å²) >= 11 is 0. The second kappa shape index (κ2) is 10.5. The van der Waals surface area contributed by atoms with E-state index in [4.69, 9.17) is 15.5 Å². The maximum atomic E-state index is 12.6. The summed E-state index contributed by atoms with van der Waals surface area (Å²) in [5, 5.41) is 2.93. The van der Waals surface area contributed by atoms with Crippen LogP contribution in [0.1, 0.15) is 30.1 Å². The number of carbonyl (C=O) groups excluding carboxylic acids is 2. The number of carbonyl (C=O) groups is 2. The maximum absolute atomic E-state index is 12.6. The molecule has 10 nitrogen and oxygen atoms in total. The highest BCUT2D eigenvalue weighted by Crippen LogP contribution is 2.34. The van der Waals surface area contributed by atoms with Gasteiger partial charge in [0.1, 0.15) is 17.0 Å². The third-order valence-electron chi connectivity index (χ3n) is 6.30. The minimum atomic E-state index is -0.717. The van der Waals surface area contributed by atoms with Crippen LogP contribution in [0.5, 0.6) is 11.5 Å². The zero-order valence-corrected chi connectivity index (χ0v) is 20.7. The summed E-state index contributed by atoms with van der Waals surface area (Å²) < 4.78 is 5.88. The molecule has 3 heterocycles. The van der Waals surface area contributed by atoms with Crippen molar-refractivity contribution in [3.05, 3.63) is 70.6 Å². The Kier molecular flexibility index (Phi) is 6.82. The minimum Gasteiger partial charge on any atom is -0.457 e. The van der Waals surface area contributed by atoms with Gasteiger partial charge < -0.3 is 30.7 Å². The number of anilines is 1. The number of rotatable bonds is 6. The van der Waals surface area contributed by atoms with Crippen LogP contribution in [0.15, 0.2) is 59.4 Å². The van der Waals surface area contributed by atoms with Gasteiger partial charge in [0.05, 0.1) is 16.8 Å². The van der Waals surface area contributed by atoms with E-state index < -0.39 is 11.6 Å². The number of imidazole rings is 1. The van der Waals surface area contributed by atoms with Crippen LogP contribution in [0.2, 0.25) is 0 Å². The third-order valence-corrected chi connectivity index (χ3v) is 6.30. The van der Waals surface area contributed by atoms with E-state index in [1.807, 2.05) is 35.2 Å². The number of nitrogens with two attached hydrogens (primary N) is 1. The van der Waals surface area contributed by atoms with Crippen LogP contribution in [0.4, 0.5) is 5.82 Å². The number of para-hydroxylation sites is 1. The van der Waals surface area contributed by atoms with E-state index in [1.54, 1.807) is 31.2 Å². The quantitative estimate of drug-likeness (QED) is 0.293. The highest BCUT2D eigenvalue weighted by atomic mass is 16.5. The fourth-order valence-electron chi connectivity index (χ4n) is 4.68. The molecule has 0 spiro atoms. The normalized spacial score (nSPS) is 15.0. The molecule has 0 saturated carbocycles. The Morgan fingerprint density at radius 2 is 1.79 bits per heavy atom. The van der Waals surface area contributed by atoms with E-state index >= 15 is 0 Å². The summed E-state index contributed by atoms with van der Waals surface area (Å²) in [6, 6.07) is 16.4. The Bertz CT molecular complexity index is 1610. The summed E-state index contributed by atoms with van der Waals surface area (Å²) in [6.07, 6.45) is 1.58. The number of amides is 2. The van der Waals surface area contributed by atoms with Gasteiger partial charge in [-0.05, 0) is 62.1 Å². The van der Waals surface area contributed by atoms with Crippen LogP contribution in [0, 0.1) is 11.8 Å². The van der Waals surface area contributed by atoms with Crippen molar-refractivity contribution in [2.75, 3.05) is 18.0 Å². The van der Waals surface area contributed by atoms with Gasteiger partial charge in [-0.15, -0.1) is 0 Å². The first-order valence-electron chi connectivity index (χ1n) is 12.2. The highest BCUT2D eigenvalue weighted by Gasteiger charge is 2.28. The van der Waals surface area contributed by atoms with Crippen molar-refractivity contribution in [2.45, 2.75) is 25.8 Å². The van der Waals surface area contributed by atoms with Gasteiger partial charge in [0.25, 0.3) is 11.8 Å². The predicted molar refractivity (Wildman–Crippen MR) is 144 cm³/mol. The van der Waals surface area contributed by atoms with Crippen molar-refractivity contribution in [3.8, 4) is 34.6 Å². The number of aromatic nitrogens is 3. The number of pyridine rings is 1. The monoisotopic (exact) mass is 510 g/mol. The first-order chi connectivity index (χ1) is 18.4. The molecule has 0 bridgehead atoms. The molecule has 192 valence electrons. The van der Waals surface area contributed by atoms with Crippen LogP contribution in [0.3, 0.4) is 0 Å². The number of piperidine rings is 1. The van der Waals surface area contributed by atoms with Crippen molar-refractivity contribution in [1.29, 1.82) is 0 Å². The van der Waals surface area contributed by atoms with Crippen LogP contribution < -0.4 is 26.4 Å². The summed E-state index contributed by atoms with van der Waals surface area (Å²) in [7, 11) is 0. The van der Waals surface area contributed by atoms with Gasteiger partial charge in [-0.1, -0.05) is 24.1 Å². The largest absolute Gasteiger partial charge is 0.457 e. The van der Waals surface area contributed by atoms with Gasteiger partial charge in [-0.25, -0.2) is 9.78 Å². The molecule has 1 fully saturated rings.